The van der Waals surface area contributed by atoms with Crippen molar-refractivity contribution in [2.45, 2.75) is 40.0 Å². The topological polar surface area (TPSA) is 26.3 Å². The number of hydrogen-bond acceptors (Lipinski definition) is 2. The number of allylic oxidation sites excluding steroid dienone is 2. The molecule has 1 unspecified atom stereocenters. The second kappa shape index (κ2) is 7.45. The smallest absolute Gasteiger partial charge is 0.142 e. The van der Waals surface area contributed by atoms with Crippen LogP contribution >= 0.6 is 8.03 Å². The molecule has 0 aromatic rings. The van der Waals surface area contributed by atoms with Crippen LogP contribution in [0.5, 0.6) is 0 Å². The maximum atomic E-state index is 11.3. The zero-order valence-corrected chi connectivity index (χ0v) is 9.06. The summed E-state index contributed by atoms with van der Waals surface area (Å²) in [6, 6.07) is 0. The normalized spacial score (nSPS) is 13.2. The molecular weight excluding hydrogens is 171 g/mol. The van der Waals surface area contributed by atoms with E-state index in [4.69, 9.17) is 4.52 Å². The number of unbranched alkanes of at least 4 members (excludes halogenated alkanes) is 1. The highest BCUT2D eigenvalue weighted by Gasteiger charge is 2.22. The van der Waals surface area contributed by atoms with E-state index in [0.717, 1.165) is 24.6 Å². The average Bonchev–Trinajstić information content (AvgIpc) is 2.07. The Bertz CT molecular complexity index is 164. The van der Waals surface area contributed by atoms with E-state index < -0.39 is 8.03 Å². The second-order valence-corrected chi connectivity index (χ2v) is 3.92. The van der Waals surface area contributed by atoms with Gasteiger partial charge in [0, 0.05) is 6.42 Å². The summed E-state index contributed by atoms with van der Waals surface area (Å²) in [5.41, 5.74) is 0. The lowest BCUT2D eigenvalue weighted by Crippen LogP contribution is -1.86. The quantitative estimate of drug-likeness (QED) is 0.468. The standard InChI is InChI=1S/C9H18O2P/c1-4-7-8-11-12(10)9(5-2)6-3/h5H,4,6-8H2,1-3H3/q+1. The molecule has 0 fully saturated rings. The molecule has 0 saturated heterocycles. The van der Waals surface area contributed by atoms with E-state index in [9.17, 15) is 4.57 Å². The van der Waals surface area contributed by atoms with Crippen molar-refractivity contribution in [2.24, 2.45) is 0 Å². The van der Waals surface area contributed by atoms with Crippen LogP contribution in [-0.2, 0) is 9.09 Å². The summed E-state index contributed by atoms with van der Waals surface area (Å²) in [5, 5.41) is 0.918. The third kappa shape index (κ3) is 4.63. The van der Waals surface area contributed by atoms with E-state index in [-0.39, 0.29) is 0 Å². The first-order chi connectivity index (χ1) is 5.76. The number of rotatable bonds is 6. The van der Waals surface area contributed by atoms with Gasteiger partial charge >= 0.3 is 8.03 Å². The van der Waals surface area contributed by atoms with Crippen molar-refractivity contribution in [2.75, 3.05) is 6.61 Å². The van der Waals surface area contributed by atoms with Crippen LogP contribution in [-0.4, -0.2) is 6.61 Å². The fourth-order valence-corrected chi connectivity index (χ4v) is 1.74. The molecule has 1 atom stereocenters. The molecule has 0 spiro atoms. The SMILES string of the molecule is CC=C(CC)[P+](=O)OCCCC. The average molecular weight is 189 g/mol. The van der Waals surface area contributed by atoms with E-state index in [1.807, 2.05) is 19.9 Å². The van der Waals surface area contributed by atoms with Crippen LogP contribution in [0.2, 0.25) is 0 Å². The Labute approximate surface area is 75.9 Å². The van der Waals surface area contributed by atoms with Crippen LogP contribution in [0.4, 0.5) is 0 Å². The molecule has 0 rings (SSSR count). The van der Waals surface area contributed by atoms with Gasteiger partial charge in [-0.15, -0.1) is 4.52 Å². The molecule has 0 N–H and O–H groups in total. The Morgan fingerprint density at radius 2 is 2.17 bits per heavy atom. The third-order valence-electron chi connectivity index (χ3n) is 1.64. The third-order valence-corrected chi connectivity index (χ3v) is 3.10. The van der Waals surface area contributed by atoms with Crippen LogP contribution in [0.1, 0.15) is 40.0 Å². The summed E-state index contributed by atoms with van der Waals surface area (Å²) in [7, 11) is -1.54. The Balaban J connectivity index is 3.71. The first-order valence-electron chi connectivity index (χ1n) is 4.51. The first-order valence-corrected chi connectivity index (χ1v) is 5.69. The first kappa shape index (κ1) is 11.8. The second-order valence-electron chi connectivity index (χ2n) is 2.58. The summed E-state index contributed by atoms with van der Waals surface area (Å²) in [4.78, 5) is 0. The summed E-state index contributed by atoms with van der Waals surface area (Å²) in [5.74, 6) is 0. The molecule has 3 heteroatoms. The van der Waals surface area contributed by atoms with E-state index in [2.05, 4.69) is 6.92 Å². The number of hydrogen-bond donors (Lipinski definition) is 0. The fourth-order valence-electron chi connectivity index (χ4n) is 0.813. The highest BCUT2D eigenvalue weighted by Crippen LogP contribution is 2.35. The molecule has 0 aliphatic carbocycles. The molecule has 70 valence electrons. The van der Waals surface area contributed by atoms with Crippen LogP contribution in [0.3, 0.4) is 0 Å². The van der Waals surface area contributed by atoms with Crippen LogP contribution in [0.15, 0.2) is 11.4 Å². The molecule has 12 heavy (non-hydrogen) atoms. The van der Waals surface area contributed by atoms with Crippen LogP contribution < -0.4 is 0 Å². The van der Waals surface area contributed by atoms with Crippen molar-refractivity contribution in [1.29, 1.82) is 0 Å². The lowest BCUT2D eigenvalue weighted by atomic mass is 10.4. The van der Waals surface area contributed by atoms with Gasteiger partial charge in [0.15, 0.2) is 5.31 Å². The summed E-state index contributed by atoms with van der Waals surface area (Å²) in [6.07, 6.45) is 4.77. The Kier molecular flexibility index (Phi) is 7.33. The van der Waals surface area contributed by atoms with Gasteiger partial charge in [-0.3, -0.25) is 0 Å². The van der Waals surface area contributed by atoms with Gasteiger partial charge in [0.1, 0.15) is 6.61 Å². The lowest BCUT2D eigenvalue weighted by Gasteiger charge is -1.90. The largest absolute Gasteiger partial charge is 0.543 e. The fraction of sp³-hybridized carbons (Fsp3) is 0.778. The van der Waals surface area contributed by atoms with Crippen molar-refractivity contribution >= 4 is 8.03 Å². The summed E-state index contributed by atoms with van der Waals surface area (Å²) >= 11 is 0. The Hall–Kier alpha value is -0.200. The van der Waals surface area contributed by atoms with Gasteiger partial charge in [0.2, 0.25) is 0 Å². The van der Waals surface area contributed by atoms with Crippen LogP contribution in [0.25, 0.3) is 0 Å². The molecule has 0 aliphatic heterocycles. The maximum Gasteiger partial charge on any atom is 0.543 e. The van der Waals surface area contributed by atoms with Gasteiger partial charge < -0.3 is 0 Å². The minimum Gasteiger partial charge on any atom is -0.142 e. The van der Waals surface area contributed by atoms with E-state index in [0.29, 0.717) is 6.61 Å². The Morgan fingerprint density at radius 1 is 1.50 bits per heavy atom. The molecule has 0 aromatic heterocycles. The molecule has 0 amide bonds. The van der Waals surface area contributed by atoms with Crippen LogP contribution in [0, 0.1) is 0 Å². The van der Waals surface area contributed by atoms with Gasteiger partial charge in [-0.2, -0.15) is 0 Å². The minimum absolute atomic E-state index is 0.614. The molecule has 2 nitrogen and oxygen atoms in total. The monoisotopic (exact) mass is 189 g/mol. The summed E-state index contributed by atoms with van der Waals surface area (Å²) in [6.45, 7) is 6.59. The maximum absolute atomic E-state index is 11.3. The molecule has 0 bridgehead atoms. The molecule has 0 saturated carbocycles. The minimum atomic E-state index is -1.54. The van der Waals surface area contributed by atoms with Gasteiger partial charge in [-0.05, 0) is 24.0 Å². The predicted octanol–water partition coefficient (Wildman–Crippen LogP) is 3.86. The van der Waals surface area contributed by atoms with Crippen molar-refractivity contribution in [1.82, 2.24) is 0 Å². The van der Waals surface area contributed by atoms with Crippen molar-refractivity contribution in [3.8, 4) is 0 Å². The highest BCUT2D eigenvalue weighted by molar-refractivity contribution is 7.44. The zero-order valence-electron chi connectivity index (χ0n) is 8.17. The summed E-state index contributed by atoms with van der Waals surface area (Å²) < 4.78 is 16.5. The highest BCUT2D eigenvalue weighted by atomic mass is 31.1. The van der Waals surface area contributed by atoms with E-state index in [1.54, 1.807) is 0 Å². The van der Waals surface area contributed by atoms with Crippen molar-refractivity contribution in [3.63, 3.8) is 0 Å². The van der Waals surface area contributed by atoms with Gasteiger partial charge in [0.25, 0.3) is 0 Å². The van der Waals surface area contributed by atoms with E-state index >= 15 is 0 Å². The van der Waals surface area contributed by atoms with E-state index in [1.165, 1.54) is 0 Å². The van der Waals surface area contributed by atoms with Crippen molar-refractivity contribution < 1.29 is 9.09 Å². The molecule has 0 heterocycles. The van der Waals surface area contributed by atoms with Crippen molar-refractivity contribution in [3.05, 3.63) is 11.4 Å². The van der Waals surface area contributed by atoms with Gasteiger partial charge in [-0.1, -0.05) is 20.3 Å². The molecule has 0 radical (unpaired) electrons. The van der Waals surface area contributed by atoms with Gasteiger partial charge in [0.05, 0.1) is 0 Å². The Morgan fingerprint density at radius 3 is 2.58 bits per heavy atom. The molecule has 0 aliphatic rings. The molecular formula is C9H18O2P+. The van der Waals surface area contributed by atoms with Gasteiger partial charge in [-0.25, -0.2) is 0 Å². The molecule has 0 aromatic carbocycles. The predicted molar refractivity (Wildman–Crippen MR) is 52.5 cm³/mol. The lowest BCUT2D eigenvalue weighted by molar-refractivity contribution is 0.324. The zero-order chi connectivity index (χ0) is 9.40.